The number of nitrogens with one attached hydrogen (secondary N) is 1. The maximum absolute atomic E-state index is 12.5. The molecule has 0 saturated heterocycles. The smallest absolute Gasteiger partial charge is 0.273 e. The van der Waals surface area contributed by atoms with Crippen molar-refractivity contribution in [1.29, 1.82) is 0 Å². The molecule has 0 saturated carbocycles. The highest BCUT2D eigenvalue weighted by Gasteiger charge is 2.11. The molecule has 6 nitrogen and oxygen atoms in total. The first-order valence-corrected chi connectivity index (χ1v) is 7.64. The summed E-state index contributed by atoms with van der Waals surface area (Å²) in [5, 5.41) is 8.41. The van der Waals surface area contributed by atoms with Gasteiger partial charge in [0.05, 0.1) is 23.2 Å². The Bertz CT molecular complexity index is 890. The summed E-state index contributed by atoms with van der Waals surface area (Å²) < 4.78 is 3.69. The molecular formula is C18H19N5O. The van der Waals surface area contributed by atoms with E-state index in [0.29, 0.717) is 5.56 Å². The summed E-state index contributed by atoms with van der Waals surface area (Å²) in [5.74, 6) is -0.255. The van der Waals surface area contributed by atoms with E-state index in [-0.39, 0.29) is 5.91 Å². The fraction of sp³-hybridized carbons (Fsp3) is 0.167. The van der Waals surface area contributed by atoms with Gasteiger partial charge in [-0.1, -0.05) is 12.1 Å². The fourth-order valence-corrected chi connectivity index (χ4v) is 2.58. The van der Waals surface area contributed by atoms with E-state index < -0.39 is 0 Å². The summed E-state index contributed by atoms with van der Waals surface area (Å²) in [6.07, 6.45) is 5.43. The van der Waals surface area contributed by atoms with Crippen LogP contribution in [0.1, 0.15) is 27.3 Å². The molecular weight excluding hydrogens is 302 g/mol. The molecule has 0 spiro atoms. The van der Waals surface area contributed by atoms with Gasteiger partial charge < -0.3 is 4.57 Å². The van der Waals surface area contributed by atoms with Crippen LogP contribution in [-0.4, -0.2) is 26.5 Å². The van der Waals surface area contributed by atoms with Crippen LogP contribution in [0.5, 0.6) is 0 Å². The minimum Gasteiger partial charge on any atom is -0.323 e. The molecule has 0 aliphatic heterocycles. The number of para-hydroxylation sites is 1. The summed E-state index contributed by atoms with van der Waals surface area (Å²) in [7, 11) is 1.88. The van der Waals surface area contributed by atoms with E-state index in [9.17, 15) is 4.79 Å². The number of aryl methyl sites for hydroxylation is 2. The summed E-state index contributed by atoms with van der Waals surface area (Å²) in [5.41, 5.74) is 6.75. The zero-order chi connectivity index (χ0) is 17.1. The SMILES string of the molecule is Cc1nn(C)c(C)c1/C=N\NC(=O)c1ccccc1-n1cccc1. The van der Waals surface area contributed by atoms with Crippen molar-refractivity contribution in [2.75, 3.05) is 0 Å². The van der Waals surface area contributed by atoms with Crippen molar-refractivity contribution < 1.29 is 4.79 Å². The molecule has 0 aliphatic rings. The quantitative estimate of drug-likeness (QED) is 0.593. The van der Waals surface area contributed by atoms with Crippen LogP contribution in [0.4, 0.5) is 0 Å². The van der Waals surface area contributed by atoms with E-state index in [1.54, 1.807) is 17.0 Å². The molecule has 2 heterocycles. The van der Waals surface area contributed by atoms with Crippen LogP contribution >= 0.6 is 0 Å². The van der Waals surface area contributed by atoms with Gasteiger partial charge in [0.1, 0.15) is 0 Å². The number of benzene rings is 1. The standard InChI is InChI=1S/C18H19N5O/c1-13-16(14(2)22(3)21-13)12-19-20-18(24)15-8-4-5-9-17(15)23-10-6-7-11-23/h4-12H,1-3H3,(H,20,24)/b19-12-. The first kappa shape index (κ1) is 15.7. The number of hydrogen-bond donors (Lipinski definition) is 1. The molecule has 2 aromatic heterocycles. The van der Waals surface area contributed by atoms with Crippen LogP contribution in [0, 0.1) is 13.8 Å². The number of aromatic nitrogens is 3. The van der Waals surface area contributed by atoms with Crippen LogP contribution in [-0.2, 0) is 7.05 Å². The van der Waals surface area contributed by atoms with E-state index in [4.69, 9.17) is 0 Å². The topological polar surface area (TPSA) is 64.2 Å². The van der Waals surface area contributed by atoms with Crippen molar-refractivity contribution in [1.82, 2.24) is 19.8 Å². The average Bonchev–Trinajstić information content (AvgIpc) is 3.19. The molecule has 0 bridgehead atoms. The van der Waals surface area contributed by atoms with Gasteiger partial charge in [0.2, 0.25) is 0 Å². The number of carbonyl (C=O) groups excluding carboxylic acids is 1. The lowest BCUT2D eigenvalue weighted by Crippen LogP contribution is -2.19. The lowest BCUT2D eigenvalue weighted by atomic mass is 10.1. The number of hydrogen-bond acceptors (Lipinski definition) is 3. The Hall–Kier alpha value is -3.15. The molecule has 0 radical (unpaired) electrons. The average molecular weight is 321 g/mol. The van der Waals surface area contributed by atoms with Crippen molar-refractivity contribution >= 4 is 12.1 Å². The summed E-state index contributed by atoms with van der Waals surface area (Å²) in [4.78, 5) is 12.5. The van der Waals surface area contributed by atoms with Gasteiger partial charge in [-0.2, -0.15) is 10.2 Å². The fourth-order valence-electron chi connectivity index (χ4n) is 2.58. The first-order valence-electron chi connectivity index (χ1n) is 7.64. The maximum atomic E-state index is 12.5. The minimum atomic E-state index is -0.255. The van der Waals surface area contributed by atoms with Crippen LogP contribution < -0.4 is 5.43 Å². The highest BCUT2D eigenvalue weighted by molar-refractivity contribution is 5.98. The zero-order valence-electron chi connectivity index (χ0n) is 13.9. The molecule has 0 unspecified atom stereocenters. The highest BCUT2D eigenvalue weighted by atomic mass is 16.2. The normalized spacial score (nSPS) is 11.1. The number of amides is 1. The molecule has 3 rings (SSSR count). The van der Waals surface area contributed by atoms with Crippen molar-refractivity contribution in [2.24, 2.45) is 12.1 Å². The molecule has 0 aliphatic carbocycles. The Labute approximate surface area is 140 Å². The number of nitrogens with zero attached hydrogens (tertiary/aromatic N) is 4. The minimum absolute atomic E-state index is 0.255. The van der Waals surface area contributed by atoms with Gasteiger partial charge in [-0.05, 0) is 38.1 Å². The molecule has 3 aromatic rings. The lowest BCUT2D eigenvalue weighted by Gasteiger charge is -2.08. The number of hydrazone groups is 1. The summed E-state index contributed by atoms with van der Waals surface area (Å²) in [6, 6.07) is 11.2. The molecule has 1 N–H and O–H groups in total. The van der Waals surface area contributed by atoms with E-state index in [2.05, 4.69) is 15.6 Å². The Morgan fingerprint density at radius 3 is 2.54 bits per heavy atom. The summed E-state index contributed by atoms with van der Waals surface area (Å²) in [6.45, 7) is 3.88. The molecule has 1 amide bonds. The number of rotatable bonds is 4. The second-order valence-electron chi connectivity index (χ2n) is 5.51. The maximum Gasteiger partial charge on any atom is 0.273 e. The zero-order valence-corrected chi connectivity index (χ0v) is 13.9. The molecule has 0 atom stereocenters. The van der Waals surface area contributed by atoms with Crippen molar-refractivity contribution in [3.63, 3.8) is 0 Å². The van der Waals surface area contributed by atoms with Gasteiger partial charge in [0, 0.05) is 30.7 Å². The lowest BCUT2D eigenvalue weighted by molar-refractivity contribution is 0.0955. The van der Waals surface area contributed by atoms with Gasteiger partial charge in [-0.3, -0.25) is 9.48 Å². The molecule has 1 aromatic carbocycles. The Kier molecular flexibility index (Phi) is 4.29. The third kappa shape index (κ3) is 2.99. The third-order valence-corrected chi connectivity index (χ3v) is 3.96. The van der Waals surface area contributed by atoms with Gasteiger partial charge >= 0.3 is 0 Å². The van der Waals surface area contributed by atoms with E-state index in [1.165, 1.54) is 0 Å². The molecule has 122 valence electrons. The summed E-state index contributed by atoms with van der Waals surface area (Å²) >= 11 is 0. The van der Waals surface area contributed by atoms with Gasteiger partial charge in [-0.25, -0.2) is 5.43 Å². The van der Waals surface area contributed by atoms with Crippen LogP contribution in [0.25, 0.3) is 5.69 Å². The van der Waals surface area contributed by atoms with Crippen LogP contribution in [0.15, 0.2) is 53.9 Å². The molecule has 24 heavy (non-hydrogen) atoms. The van der Waals surface area contributed by atoms with Crippen molar-refractivity contribution in [3.05, 3.63) is 71.3 Å². The Morgan fingerprint density at radius 2 is 1.88 bits per heavy atom. The van der Waals surface area contributed by atoms with Crippen LogP contribution in [0.2, 0.25) is 0 Å². The van der Waals surface area contributed by atoms with E-state index in [0.717, 1.165) is 22.6 Å². The number of carbonyl (C=O) groups is 1. The highest BCUT2D eigenvalue weighted by Crippen LogP contribution is 2.14. The van der Waals surface area contributed by atoms with E-state index in [1.807, 2.05) is 68.2 Å². The Morgan fingerprint density at radius 1 is 1.17 bits per heavy atom. The predicted molar refractivity (Wildman–Crippen MR) is 93.5 cm³/mol. The monoisotopic (exact) mass is 321 g/mol. The third-order valence-electron chi connectivity index (χ3n) is 3.96. The molecule has 6 heteroatoms. The first-order chi connectivity index (χ1) is 11.6. The van der Waals surface area contributed by atoms with Crippen molar-refractivity contribution in [3.8, 4) is 5.69 Å². The van der Waals surface area contributed by atoms with Gasteiger partial charge in [0.15, 0.2) is 0 Å². The second-order valence-corrected chi connectivity index (χ2v) is 5.51. The van der Waals surface area contributed by atoms with Gasteiger partial charge in [0.25, 0.3) is 5.91 Å². The van der Waals surface area contributed by atoms with E-state index >= 15 is 0 Å². The van der Waals surface area contributed by atoms with Crippen molar-refractivity contribution in [2.45, 2.75) is 13.8 Å². The molecule has 0 fully saturated rings. The second kappa shape index (κ2) is 6.54. The Balaban J connectivity index is 1.80. The largest absolute Gasteiger partial charge is 0.323 e. The van der Waals surface area contributed by atoms with Gasteiger partial charge in [-0.15, -0.1) is 0 Å². The van der Waals surface area contributed by atoms with Crippen LogP contribution in [0.3, 0.4) is 0 Å². The predicted octanol–water partition coefficient (Wildman–Crippen LogP) is 2.59.